The first kappa shape index (κ1) is 17.3. The van der Waals surface area contributed by atoms with Crippen LogP contribution in [0.5, 0.6) is 0 Å². The molecule has 1 N–H and O–H groups in total. The van der Waals surface area contributed by atoms with Gasteiger partial charge in [-0.25, -0.2) is 9.97 Å². The third kappa shape index (κ3) is 3.44. The Balaban J connectivity index is 1.58. The Morgan fingerprint density at radius 1 is 1.11 bits per heavy atom. The Kier molecular flexibility index (Phi) is 4.42. The van der Waals surface area contributed by atoms with E-state index in [1.807, 2.05) is 13.0 Å². The highest BCUT2D eigenvalue weighted by Crippen LogP contribution is 2.26. The molecule has 3 aromatic rings. The molecule has 136 valence electrons. The summed E-state index contributed by atoms with van der Waals surface area (Å²) in [5.41, 5.74) is 1.86. The van der Waals surface area contributed by atoms with Crippen LogP contribution >= 0.6 is 11.6 Å². The number of nitrogens with one attached hydrogen (secondary N) is 1. The summed E-state index contributed by atoms with van der Waals surface area (Å²) in [6, 6.07) is 10.9. The van der Waals surface area contributed by atoms with Crippen LogP contribution < -0.4 is 15.4 Å². The second-order valence-corrected chi connectivity index (χ2v) is 6.92. The standard InChI is InChI=1S/C19H17ClN6O/c1-12-8-18(27)24-19(22-12)26-6-4-25(5-7-26)17-9-13(11-21)15-10-14(20)2-3-16(15)23-17/h2-3,8-10H,4-7H2,1H3,(H,22,24,27). The molecule has 0 amide bonds. The van der Waals surface area contributed by atoms with Gasteiger partial charge in [0, 0.05) is 48.3 Å². The van der Waals surface area contributed by atoms with Gasteiger partial charge in [-0.2, -0.15) is 5.26 Å². The highest BCUT2D eigenvalue weighted by atomic mass is 35.5. The van der Waals surface area contributed by atoms with E-state index in [4.69, 9.17) is 16.6 Å². The van der Waals surface area contributed by atoms with Crippen LogP contribution in [0.15, 0.2) is 35.1 Å². The smallest absolute Gasteiger partial charge is 0.252 e. The predicted octanol–water partition coefficient (Wildman–Crippen LogP) is 2.48. The van der Waals surface area contributed by atoms with E-state index in [0.717, 1.165) is 16.7 Å². The van der Waals surface area contributed by atoms with Crippen LogP contribution in [0.3, 0.4) is 0 Å². The van der Waals surface area contributed by atoms with Gasteiger partial charge in [-0.1, -0.05) is 11.6 Å². The van der Waals surface area contributed by atoms with Gasteiger partial charge in [-0.05, 0) is 31.2 Å². The van der Waals surface area contributed by atoms with Gasteiger partial charge in [0.15, 0.2) is 0 Å². The van der Waals surface area contributed by atoms with E-state index in [-0.39, 0.29) is 5.56 Å². The second kappa shape index (κ2) is 6.89. The molecule has 4 rings (SSSR count). The van der Waals surface area contributed by atoms with Crippen LogP contribution in [-0.2, 0) is 0 Å². The molecule has 27 heavy (non-hydrogen) atoms. The Morgan fingerprint density at radius 2 is 1.85 bits per heavy atom. The van der Waals surface area contributed by atoms with Gasteiger partial charge in [0.1, 0.15) is 5.82 Å². The van der Waals surface area contributed by atoms with Gasteiger partial charge in [-0.3, -0.25) is 9.78 Å². The molecule has 3 heterocycles. The second-order valence-electron chi connectivity index (χ2n) is 6.49. The molecule has 1 aliphatic heterocycles. The molecule has 0 radical (unpaired) electrons. The molecule has 2 aromatic heterocycles. The molecule has 1 aliphatic rings. The van der Waals surface area contributed by atoms with Crippen LogP contribution in [0.1, 0.15) is 11.3 Å². The van der Waals surface area contributed by atoms with Crippen LogP contribution in [-0.4, -0.2) is 41.1 Å². The number of aromatic amines is 1. The van der Waals surface area contributed by atoms with Crippen molar-refractivity contribution >= 4 is 34.3 Å². The van der Waals surface area contributed by atoms with Gasteiger partial charge in [0.05, 0.1) is 17.1 Å². The molecular weight excluding hydrogens is 364 g/mol. The van der Waals surface area contributed by atoms with E-state index in [1.54, 1.807) is 18.2 Å². The Morgan fingerprint density at radius 3 is 2.56 bits per heavy atom. The lowest BCUT2D eigenvalue weighted by Crippen LogP contribution is -2.47. The fourth-order valence-electron chi connectivity index (χ4n) is 3.30. The average molecular weight is 381 g/mol. The molecule has 0 saturated carbocycles. The predicted molar refractivity (Wildman–Crippen MR) is 105 cm³/mol. The molecule has 0 unspecified atom stereocenters. The minimum absolute atomic E-state index is 0.145. The number of nitrogens with zero attached hydrogens (tertiary/aromatic N) is 5. The number of anilines is 2. The quantitative estimate of drug-likeness (QED) is 0.734. The van der Waals surface area contributed by atoms with Crippen molar-refractivity contribution in [3.05, 3.63) is 57.0 Å². The fourth-order valence-corrected chi connectivity index (χ4v) is 3.47. The van der Waals surface area contributed by atoms with E-state index >= 15 is 0 Å². The number of aromatic nitrogens is 3. The van der Waals surface area contributed by atoms with E-state index in [1.165, 1.54) is 6.07 Å². The number of fused-ring (bicyclic) bond motifs is 1. The first-order valence-electron chi connectivity index (χ1n) is 8.62. The summed E-state index contributed by atoms with van der Waals surface area (Å²) in [6.07, 6.45) is 0. The van der Waals surface area contributed by atoms with Gasteiger partial charge in [0.2, 0.25) is 5.95 Å². The molecule has 1 aromatic carbocycles. The van der Waals surface area contributed by atoms with Crippen LogP contribution in [0.2, 0.25) is 5.02 Å². The lowest BCUT2D eigenvalue weighted by atomic mass is 10.1. The van der Waals surface area contributed by atoms with Crippen LogP contribution in [0.25, 0.3) is 10.9 Å². The summed E-state index contributed by atoms with van der Waals surface area (Å²) in [5.74, 6) is 1.37. The van der Waals surface area contributed by atoms with E-state index in [9.17, 15) is 10.1 Å². The zero-order valence-electron chi connectivity index (χ0n) is 14.7. The topological polar surface area (TPSA) is 88.9 Å². The van der Waals surface area contributed by atoms with Crippen molar-refractivity contribution in [2.75, 3.05) is 36.0 Å². The van der Waals surface area contributed by atoms with Crippen molar-refractivity contribution < 1.29 is 0 Å². The third-order valence-electron chi connectivity index (χ3n) is 4.64. The number of halogens is 1. The number of H-pyrrole nitrogens is 1. The summed E-state index contributed by atoms with van der Waals surface area (Å²) in [6.45, 7) is 4.65. The number of pyridine rings is 1. The number of hydrogen-bond donors (Lipinski definition) is 1. The Hall–Kier alpha value is -3.11. The summed E-state index contributed by atoms with van der Waals surface area (Å²) in [4.78, 5) is 27.8. The SMILES string of the molecule is Cc1cc(=O)[nH]c(N2CCN(c3cc(C#N)c4cc(Cl)ccc4n3)CC2)n1. The van der Waals surface area contributed by atoms with E-state index in [0.29, 0.717) is 48.4 Å². The molecule has 1 fully saturated rings. The molecule has 0 atom stereocenters. The van der Waals surface area contributed by atoms with Gasteiger partial charge >= 0.3 is 0 Å². The summed E-state index contributed by atoms with van der Waals surface area (Å²) < 4.78 is 0. The number of piperazine rings is 1. The maximum atomic E-state index is 11.7. The molecular formula is C19H17ClN6O. The van der Waals surface area contributed by atoms with Gasteiger partial charge < -0.3 is 9.80 Å². The zero-order chi connectivity index (χ0) is 19.0. The molecule has 0 aliphatic carbocycles. The number of hydrogen-bond acceptors (Lipinski definition) is 6. The van der Waals surface area contributed by atoms with Crippen LogP contribution in [0.4, 0.5) is 11.8 Å². The van der Waals surface area contributed by atoms with Crippen LogP contribution in [0, 0.1) is 18.3 Å². The fraction of sp³-hybridized carbons (Fsp3) is 0.263. The first-order valence-corrected chi connectivity index (χ1v) is 8.99. The first-order chi connectivity index (χ1) is 13.0. The minimum atomic E-state index is -0.145. The largest absolute Gasteiger partial charge is 0.353 e. The van der Waals surface area contributed by atoms with Gasteiger partial charge in [-0.15, -0.1) is 0 Å². The highest BCUT2D eigenvalue weighted by Gasteiger charge is 2.21. The lowest BCUT2D eigenvalue weighted by molar-refractivity contribution is 0.633. The lowest BCUT2D eigenvalue weighted by Gasteiger charge is -2.35. The number of rotatable bonds is 2. The molecule has 0 spiro atoms. The van der Waals surface area contributed by atoms with Crippen molar-refractivity contribution in [1.82, 2.24) is 15.0 Å². The maximum Gasteiger partial charge on any atom is 0.252 e. The summed E-state index contributed by atoms with van der Waals surface area (Å²) in [7, 11) is 0. The van der Waals surface area contributed by atoms with Gasteiger partial charge in [0.25, 0.3) is 5.56 Å². The zero-order valence-corrected chi connectivity index (χ0v) is 15.5. The van der Waals surface area contributed by atoms with Crippen molar-refractivity contribution in [1.29, 1.82) is 5.26 Å². The van der Waals surface area contributed by atoms with E-state index in [2.05, 4.69) is 25.8 Å². The number of aryl methyl sites for hydroxylation is 1. The Bertz CT molecular complexity index is 1110. The maximum absolute atomic E-state index is 11.7. The van der Waals surface area contributed by atoms with Crippen molar-refractivity contribution in [2.45, 2.75) is 6.92 Å². The molecule has 1 saturated heterocycles. The number of nitriles is 1. The highest BCUT2D eigenvalue weighted by molar-refractivity contribution is 6.31. The molecule has 7 nitrogen and oxygen atoms in total. The summed E-state index contributed by atoms with van der Waals surface area (Å²) in [5, 5.41) is 10.8. The van der Waals surface area contributed by atoms with Crippen molar-refractivity contribution in [2.24, 2.45) is 0 Å². The minimum Gasteiger partial charge on any atom is -0.353 e. The third-order valence-corrected chi connectivity index (χ3v) is 4.87. The average Bonchev–Trinajstić information content (AvgIpc) is 2.66. The molecule has 0 bridgehead atoms. The Labute approximate surface area is 160 Å². The normalized spacial score (nSPS) is 14.4. The molecule has 8 heteroatoms. The summed E-state index contributed by atoms with van der Waals surface area (Å²) >= 11 is 6.05. The van der Waals surface area contributed by atoms with Crippen molar-refractivity contribution in [3.63, 3.8) is 0 Å². The monoisotopic (exact) mass is 380 g/mol. The van der Waals surface area contributed by atoms with Crippen molar-refractivity contribution in [3.8, 4) is 6.07 Å². The van der Waals surface area contributed by atoms with E-state index < -0.39 is 0 Å². The number of benzene rings is 1.